The van der Waals surface area contributed by atoms with Gasteiger partial charge < -0.3 is 15.5 Å². The van der Waals surface area contributed by atoms with Crippen LogP contribution in [-0.4, -0.2) is 114 Å². The van der Waals surface area contributed by atoms with Crippen LogP contribution in [0.15, 0.2) is 30.3 Å². The van der Waals surface area contributed by atoms with Gasteiger partial charge in [0.2, 0.25) is 11.8 Å². The van der Waals surface area contributed by atoms with E-state index in [2.05, 4.69) is 10.6 Å². The van der Waals surface area contributed by atoms with Gasteiger partial charge in [-0.2, -0.15) is 0 Å². The maximum atomic E-state index is 14.5. The van der Waals surface area contributed by atoms with Crippen LogP contribution in [0.25, 0.3) is 0 Å². The van der Waals surface area contributed by atoms with Crippen LogP contribution in [0.1, 0.15) is 72.8 Å². The van der Waals surface area contributed by atoms with Crippen molar-refractivity contribution in [2.75, 3.05) is 34.2 Å². The minimum Gasteiger partial charge on any atom is -0.343 e. The molecule has 0 saturated carbocycles. The number of rotatable bonds is 13. The van der Waals surface area contributed by atoms with Gasteiger partial charge >= 0.3 is 0 Å². The zero-order valence-electron chi connectivity index (χ0n) is 29.3. The number of amides is 5. The second-order valence-corrected chi connectivity index (χ2v) is 14.0. The van der Waals surface area contributed by atoms with Crippen molar-refractivity contribution in [1.29, 1.82) is 0 Å². The van der Waals surface area contributed by atoms with Crippen molar-refractivity contribution in [2.24, 2.45) is 17.8 Å². The number of likely N-dealkylation sites (tertiary alicyclic amines) is 2. The van der Waals surface area contributed by atoms with Gasteiger partial charge in [0, 0.05) is 13.1 Å². The summed E-state index contributed by atoms with van der Waals surface area (Å²) in [4.78, 5) is 76.9. The lowest BCUT2D eigenvalue weighted by Gasteiger charge is -2.36. The molecule has 0 aromatic heterocycles. The number of imide groups is 3. The van der Waals surface area contributed by atoms with Crippen molar-refractivity contribution in [3.63, 3.8) is 0 Å². The van der Waals surface area contributed by atoms with Gasteiger partial charge in [-0.05, 0) is 76.7 Å². The molecule has 0 aliphatic carbocycles. The summed E-state index contributed by atoms with van der Waals surface area (Å²) < 4.78 is 0. The first-order valence-electron chi connectivity index (χ1n) is 16.8. The average Bonchev–Trinajstić information content (AvgIpc) is 3.66. The Morgan fingerprint density at radius 3 is 1.91 bits per heavy atom. The summed E-state index contributed by atoms with van der Waals surface area (Å²) in [5, 5.41) is 5.96. The summed E-state index contributed by atoms with van der Waals surface area (Å²) in [6.45, 7) is 12.8. The number of carbonyl (C=O) groups is 5. The highest BCUT2D eigenvalue weighted by Crippen LogP contribution is 2.27. The lowest BCUT2D eigenvalue weighted by Crippen LogP contribution is -2.63. The summed E-state index contributed by atoms with van der Waals surface area (Å²) in [5.41, 5.74) is 1.03. The highest BCUT2D eigenvalue weighted by atomic mass is 16.2. The molecule has 5 atom stereocenters. The summed E-state index contributed by atoms with van der Waals surface area (Å²) in [6.07, 6.45) is 2.18. The maximum Gasteiger partial charge on any atom is 0.258 e. The molecule has 256 valence electrons. The van der Waals surface area contributed by atoms with Gasteiger partial charge in [-0.3, -0.25) is 33.8 Å². The van der Waals surface area contributed by atoms with E-state index < -0.39 is 53.8 Å². The average molecular weight is 641 g/mol. The second kappa shape index (κ2) is 16.6. The topological polar surface area (TPSA) is 122 Å². The van der Waals surface area contributed by atoms with Crippen molar-refractivity contribution in [1.82, 2.24) is 30.2 Å². The Balaban J connectivity index is 2.02. The van der Waals surface area contributed by atoms with Crippen LogP contribution < -0.4 is 10.6 Å². The van der Waals surface area contributed by atoms with Gasteiger partial charge in [-0.15, -0.1) is 0 Å². The minimum absolute atomic E-state index is 0.0237. The Hall–Kier alpha value is -3.15. The van der Waals surface area contributed by atoms with E-state index in [1.165, 1.54) is 4.90 Å². The Kier molecular flexibility index (Phi) is 13.5. The number of hydrogen-bond acceptors (Lipinski definition) is 8. The van der Waals surface area contributed by atoms with E-state index in [1.54, 1.807) is 39.9 Å². The Bertz CT molecular complexity index is 1210. The first kappa shape index (κ1) is 37.3. The smallest absolute Gasteiger partial charge is 0.258 e. The van der Waals surface area contributed by atoms with E-state index in [1.807, 2.05) is 62.9 Å². The standard InChI is InChI=1S/C35H56N6O5/c1-22(2)28(36-7)34(45)40-20-14-18-27(40)33(44)41(32(43)26-17-13-19-39(26)21-25-15-11-10-12-16-25)35(46)29(23(3)4)37-31(42)30(24(5)6)38(8)9/h10-12,15-16,22-24,26-30,36H,13-14,17-21H2,1-9H3,(H,37,42)/t26-,27-,28-,29-,30-/m0/s1. The summed E-state index contributed by atoms with van der Waals surface area (Å²) >= 11 is 0. The molecule has 1 aromatic rings. The monoisotopic (exact) mass is 640 g/mol. The zero-order chi connectivity index (χ0) is 34.3. The van der Waals surface area contributed by atoms with E-state index in [0.717, 1.165) is 16.9 Å². The fraction of sp³-hybridized carbons (Fsp3) is 0.686. The summed E-state index contributed by atoms with van der Waals surface area (Å²) in [7, 11) is 5.32. The van der Waals surface area contributed by atoms with Gasteiger partial charge in [-0.1, -0.05) is 71.9 Å². The molecule has 11 heteroatoms. The summed E-state index contributed by atoms with van der Waals surface area (Å²) in [6, 6.07) is 6.02. The predicted molar refractivity (Wildman–Crippen MR) is 178 cm³/mol. The molecule has 5 amide bonds. The Morgan fingerprint density at radius 1 is 0.804 bits per heavy atom. The lowest BCUT2D eigenvalue weighted by atomic mass is 9.98. The fourth-order valence-electron chi connectivity index (χ4n) is 6.97. The van der Waals surface area contributed by atoms with Crippen molar-refractivity contribution in [2.45, 2.75) is 104 Å². The molecule has 0 unspecified atom stereocenters. The first-order valence-corrected chi connectivity index (χ1v) is 16.8. The van der Waals surface area contributed by atoms with Crippen LogP contribution in [-0.2, 0) is 30.5 Å². The first-order chi connectivity index (χ1) is 21.7. The predicted octanol–water partition coefficient (Wildman–Crippen LogP) is 2.49. The van der Waals surface area contributed by atoms with Gasteiger partial charge in [0.25, 0.3) is 17.7 Å². The van der Waals surface area contributed by atoms with E-state index >= 15 is 0 Å². The molecule has 2 heterocycles. The SMILES string of the molecule is CN[C@H](C(=O)N1CCC[C@H]1C(=O)N(C(=O)[C@@H](NC(=O)[C@H](C(C)C)N(C)C)C(C)C)C(=O)[C@@H]1CCCN1Cc1ccccc1)C(C)C. The van der Waals surface area contributed by atoms with Crippen molar-refractivity contribution < 1.29 is 24.0 Å². The lowest BCUT2D eigenvalue weighted by molar-refractivity contribution is -0.162. The van der Waals surface area contributed by atoms with Gasteiger partial charge in [0.05, 0.1) is 18.1 Å². The summed E-state index contributed by atoms with van der Waals surface area (Å²) in [5.74, 6) is -3.08. The molecule has 46 heavy (non-hydrogen) atoms. The van der Waals surface area contributed by atoms with Gasteiger partial charge in [0.1, 0.15) is 12.1 Å². The third-order valence-corrected chi connectivity index (χ3v) is 9.29. The third kappa shape index (κ3) is 8.60. The van der Waals surface area contributed by atoms with Crippen LogP contribution in [0.3, 0.4) is 0 Å². The maximum absolute atomic E-state index is 14.5. The molecule has 2 N–H and O–H groups in total. The molecule has 1 aromatic carbocycles. The molecule has 3 rings (SSSR count). The van der Waals surface area contributed by atoms with E-state index in [4.69, 9.17) is 0 Å². The quantitative estimate of drug-likeness (QED) is 0.316. The highest BCUT2D eigenvalue weighted by molar-refractivity contribution is 6.16. The molecule has 2 fully saturated rings. The number of carbonyl (C=O) groups excluding carboxylic acids is 5. The second-order valence-electron chi connectivity index (χ2n) is 14.0. The van der Waals surface area contributed by atoms with Gasteiger partial charge in [0.15, 0.2) is 0 Å². The molecule has 2 aliphatic rings. The zero-order valence-corrected chi connectivity index (χ0v) is 29.3. The molecule has 2 aliphatic heterocycles. The van der Waals surface area contributed by atoms with Gasteiger partial charge in [-0.25, -0.2) is 4.90 Å². The number of hydrogen-bond donors (Lipinski definition) is 2. The molecule has 11 nitrogen and oxygen atoms in total. The largest absolute Gasteiger partial charge is 0.343 e. The van der Waals surface area contributed by atoms with E-state index in [9.17, 15) is 24.0 Å². The normalized spacial score (nSPS) is 20.8. The fourth-order valence-corrected chi connectivity index (χ4v) is 6.97. The van der Waals surface area contributed by atoms with Crippen LogP contribution >= 0.6 is 0 Å². The van der Waals surface area contributed by atoms with Crippen molar-refractivity contribution in [3.05, 3.63) is 35.9 Å². The number of nitrogens with one attached hydrogen (secondary N) is 2. The molecule has 0 radical (unpaired) electrons. The molecular weight excluding hydrogens is 584 g/mol. The van der Waals surface area contributed by atoms with Crippen LogP contribution in [0, 0.1) is 17.8 Å². The van der Waals surface area contributed by atoms with Crippen LogP contribution in [0.4, 0.5) is 0 Å². The van der Waals surface area contributed by atoms with Crippen molar-refractivity contribution >= 4 is 29.5 Å². The third-order valence-electron chi connectivity index (χ3n) is 9.29. The van der Waals surface area contributed by atoms with Crippen molar-refractivity contribution in [3.8, 4) is 0 Å². The number of benzene rings is 1. The van der Waals surface area contributed by atoms with Crippen LogP contribution in [0.2, 0.25) is 0 Å². The Labute approximate surface area is 275 Å². The van der Waals surface area contributed by atoms with Crippen LogP contribution in [0.5, 0.6) is 0 Å². The number of nitrogens with zero attached hydrogens (tertiary/aromatic N) is 4. The molecular formula is C35H56N6O5. The Morgan fingerprint density at radius 2 is 1.37 bits per heavy atom. The highest BCUT2D eigenvalue weighted by Gasteiger charge is 2.48. The minimum atomic E-state index is -1.11. The van der Waals surface area contributed by atoms with E-state index in [-0.39, 0.29) is 23.7 Å². The molecule has 0 bridgehead atoms. The molecule has 0 spiro atoms. The number of likely N-dealkylation sites (N-methyl/N-ethyl adjacent to an activating group) is 2. The molecule has 2 saturated heterocycles. The van der Waals surface area contributed by atoms with E-state index in [0.29, 0.717) is 38.9 Å².